The fourth-order valence-electron chi connectivity index (χ4n) is 4.86. The van der Waals surface area contributed by atoms with Crippen molar-refractivity contribution in [2.24, 2.45) is 0 Å². The van der Waals surface area contributed by atoms with E-state index < -0.39 is 17.1 Å². The Balaban J connectivity index is 1.76. The van der Waals surface area contributed by atoms with Crippen molar-refractivity contribution >= 4 is 10.8 Å². The maximum Gasteiger partial charge on any atom is 0.126 e. The molecule has 0 heterocycles. The summed E-state index contributed by atoms with van der Waals surface area (Å²) in [4.78, 5) is 0. The first-order valence-corrected chi connectivity index (χ1v) is 11.9. The lowest BCUT2D eigenvalue weighted by atomic mass is 9.73. The molecule has 3 aromatic carbocycles. The highest BCUT2D eigenvalue weighted by atomic mass is 19.1. The molecule has 0 aliphatic heterocycles. The monoisotopic (exact) mass is 471 g/mol. The quantitative estimate of drug-likeness (QED) is 0.366. The van der Waals surface area contributed by atoms with Crippen LogP contribution in [0, 0.1) is 6.92 Å². The summed E-state index contributed by atoms with van der Waals surface area (Å²) in [5, 5.41) is 15.5. The van der Waals surface area contributed by atoms with E-state index in [1.807, 2.05) is 31.2 Å². The third kappa shape index (κ3) is 5.13. The smallest absolute Gasteiger partial charge is 0.126 e. The number of likely N-dealkylation sites (N-methyl/N-ethyl adjacent to an activating group) is 1. The van der Waals surface area contributed by atoms with E-state index in [2.05, 4.69) is 50.0 Å². The third-order valence-electron chi connectivity index (χ3n) is 6.79. The van der Waals surface area contributed by atoms with Gasteiger partial charge >= 0.3 is 0 Å². The van der Waals surface area contributed by atoms with Gasteiger partial charge in [0.15, 0.2) is 0 Å². The van der Waals surface area contributed by atoms with Crippen LogP contribution in [-0.4, -0.2) is 18.2 Å². The Labute approximate surface area is 206 Å². The molecule has 0 spiro atoms. The summed E-state index contributed by atoms with van der Waals surface area (Å²) < 4.78 is 27.7. The first-order chi connectivity index (χ1) is 16.7. The van der Waals surface area contributed by atoms with Gasteiger partial charge in [0.2, 0.25) is 0 Å². The molecular weight excluding hydrogens is 440 g/mol. The number of phenols is 1. The molecule has 0 saturated heterocycles. The minimum atomic E-state index is -0.581. The number of hydrogen-bond acceptors (Lipinski definition) is 2. The summed E-state index contributed by atoms with van der Waals surface area (Å²) in [6, 6.07) is 17.9. The van der Waals surface area contributed by atoms with Gasteiger partial charge in [0, 0.05) is 24.5 Å². The van der Waals surface area contributed by atoms with Crippen LogP contribution in [0.25, 0.3) is 21.9 Å². The van der Waals surface area contributed by atoms with Crippen LogP contribution < -0.4 is 5.32 Å². The molecule has 180 valence electrons. The molecule has 1 aliphatic carbocycles. The second-order valence-corrected chi connectivity index (χ2v) is 9.39. The average molecular weight is 472 g/mol. The molecule has 1 unspecified atom stereocenters. The summed E-state index contributed by atoms with van der Waals surface area (Å²) in [5.74, 6) is -0.831. The highest BCUT2D eigenvalue weighted by Gasteiger charge is 2.30. The summed E-state index contributed by atoms with van der Waals surface area (Å²) in [5.41, 5.74) is 5.18. The van der Waals surface area contributed by atoms with E-state index in [0.29, 0.717) is 12.1 Å². The molecule has 0 aromatic heterocycles. The molecule has 3 aromatic rings. The van der Waals surface area contributed by atoms with Gasteiger partial charge in [-0.05, 0) is 75.8 Å². The van der Waals surface area contributed by atoms with Crippen LogP contribution in [-0.2, 0) is 5.41 Å². The summed E-state index contributed by atoms with van der Waals surface area (Å²) >= 11 is 0. The summed E-state index contributed by atoms with van der Waals surface area (Å²) in [6.07, 6.45) is 4.17. The van der Waals surface area contributed by atoms with Crippen LogP contribution in [0.4, 0.5) is 8.78 Å². The highest BCUT2D eigenvalue weighted by molar-refractivity contribution is 5.97. The molecule has 0 saturated carbocycles. The van der Waals surface area contributed by atoms with Crippen LogP contribution in [0.3, 0.4) is 0 Å². The van der Waals surface area contributed by atoms with Crippen LogP contribution in [0.15, 0.2) is 102 Å². The molecule has 1 aliphatic rings. The van der Waals surface area contributed by atoms with Crippen molar-refractivity contribution < 1.29 is 13.9 Å². The minimum Gasteiger partial charge on any atom is -0.508 e. The van der Waals surface area contributed by atoms with Crippen molar-refractivity contribution in [3.8, 4) is 16.9 Å². The lowest BCUT2D eigenvalue weighted by Gasteiger charge is -2.34. The zero-order valence-electron chi connectivity index (χ0n) is 20.5. The van der Waals surface area contributed by atoms with E-state index in [-0.39, 0.29) is 12.2 Å². The normalized spacial score (nSPS) is 16.7. The zero-order chi connectivity index (χ0) is 25.2. The Morgan fingerprint density at radius 1 is 1.11 bits per heavy atom. The number of phenolic OH excluding ortho intramolecular Hbond substituents is 1. The van der Waals surface area contributed by atoms with E-state index in [9.17, 15) is 13.9 Å². The number of allylic oxidation sites excluding steroid dienone is 6. The predicted molar refractivity (Wildman–Crippen MR) is 142 cm³/mol. The molecule has 0 amide bonds. The van der Waals surface area contributed by atoms with E-state index in [0.717, 1.165) is 51.2 Å². The number of hydrogen-bond donors (Lipinski definition) is 2. The molecule has 0 radical (unpaired) electrons. The van der Waals surface area contributed by atoms with Crippen LogP contribution in [0.2, 0.25) is 0 Å². The number of benzene rings is 3. The van der Waals surface area contributed by atoms with Crippen molar-refractivity contribution in [2.45, 2.75) is 32.6 Å². The molecule has 4 rings (SSSR count). The molecular formula is C31H31F2NO. The lowest BCUT2D eigenvalue weighted by molar-refractivity contribution is 0.476. The first-order valence-electron chi connectivity index (χ1n) is 11.9. The molecule has 2 nitrogen and oxygen atoms in total. The summed E-state index contributed by atoms with van der Waals surface area (Å²) in [7, 11) is 0. The number of rotatable bonds is 7. The molecule has 4 heteroatoms. The minimum absolute atomic E-state index is 0.0651. The molecule has 35 heavy (non-hydrogen) atoms. The molecule has 0 fully saturated rings. The van der Waals surface area contributed by atoms with E-state index in [4.69, 9.17) is 0 Å². The maximum atomic E-state index is 13.8. The van der Waals surface area contributed by atoms with Crippen molar-refractivity contribution in [3.05, 3.63) is 113 Å². The molecule has 0 bridgehead atoms. The van der Waals surface area contributed by atoms with Gasteiger partial charge in [-0.1, -0.05) is 69.0 Å². The van der Waals surface area contributed by atoms with Crippen molar-refractivity contribution in [2.75, 3.05) is 13.1 Å². The maximum absolute atomic E-state index is 13.8. The third-order valence-corrected chi connectivity index (χ3v) is 6.79. The van der Waals surface area contributed by atoms with Gasteiger partial charge in [0.1, 0.15) is 17.4 Å². The SMILES string of the molecule is C=C(/C=C1/C=C(F)C=C(F)C1)C(C)(CNCC)c1ccc(-c2cccc3ccc(O)cc23)cc1C. The van der Waals surface area contributed by atoms with Gasteiger partial charge in [-0.25, -0.2) is 8.78 Å². The van der Waals surface area contributed by atoms with Crippen LogP contribution in [0.5, 0.6) is 5.75 Å². The van der Waals surface area contributed by atoms with Crippen molar-refractivity contribution in [1.82, 2.24) is 5.32 Å². The Kier molecular flexibility index (Phi) is 7.04. The van der Waals surface area contributed by atoms with Gasteiger partial charge in [-0.3, -0.25) is 0 Å². The lowest BCUT2D eigenvalue weighted by Crippen LogP contribution is -2.37. The zero-order valence-corrected chi connectivity index (χ0v) is 20.5. The predicted octanol–water partition coefficient (Wildman–Crippen LogP) is 7.98. The number of aryl methyl sites for hydroxylation is 1. The topological polar surface area (TPSA) is 32.3 Å². The summed E-state index contributed by atoms with van der Waals surface area (Å²) in [6.45, 7) is 12.0. The standard InChI is InChI=1S/C31H31F2NO/c1-5-34-19-31(4,21(3)14-22-15-25(32)17-26(33)16-22)30-12-10-24(13-20(30)2)28-8-6-7-23-9-11-27(35)18-29(23)28/h6-15,17-18,34-35H,3,5,16,19H2,1-2,4H3/b22-14-. The second-order valence-electron chi connectivity index (χ2n) is 9.39. The van der Waals surface area contributed by atoms with E-state index in [1.54, 1.807) is 12.1 Å². The largest absolute Gasteiger partial charge is 0.508 e. The Morgan fingerprint density at radius 3 is 2.63 bits per heavy atom. The number of halogens is 2. The van der Waals surface area contributed by atoms with E-state index in [1.165, 1.54) is 6.08 Å². The Bertz CT molecular complexity index is 1380. The van der Waals surface area contributed by atoms with E-state index >= 15 is 0 Å². The van der Waals surface area contributed by atoms with Crippen LogP contribution >= 0.6 is 0 Å². The molecule has 1 atom stereocenters. The highest BCUT2D eigenvalue weighted by Crippen LogP contribution is 2.38. The van der Waals surface area contributed by atoms with Gasteiger partial charge in [0.05, 0.1) is 0 Å². The number of fused-ring (bicyclic) bond motifs is 1. The van der Waals surface area contributed by atoms with Gasteiger partial charge in [0.25, 0.3) is 0 Å². The fourth-order valence-corrected chi connectivity index (χ4v) is 4.86. The van der Waals surface area contributed by atoms with Gasteiger partial charge in [-0.2, -0.15) is 0 Å². The molecule has 2 N–H and O–H groups in total. The second kappa shape index (κ2) is 10.0. The Morgan fingerprint density at radius 2 is 1.91 bits per heavy atom. The number of aromatic hydroxyl groups is 1. The number of nitrogens with one attached hydrogen (secondary N) is 1. The average Bonchev–Trinajstić information content (AvgIpc) is 2.81. The van der Waals surface area contributed by atoms with Gasteiger partial charge in [-0.15, -0.1) is 0 Å². The van der Waals surface area contributed by atoms with Crippen molar-refractivity contribution in [1.29, 1.82) is 0 Å². The first kappa shape index (κ1) is 24.6. The fraction of sp³-hybridized carbons (Fsp3) is 0.226. The van der Waals surface area contributed by atoms with Crippen LogP contribution in [0.1, 0.15) is 31.4 Å². The van der Waals surface area contributed by atoms with Crippen molar-refractivity contribution in [3.63, 3.8) is 0 Å². The van der Waals surface area contributed by atoms with Gasteiger partial charge < -0.3 is 10.4 Å². The Hall–Kier alpha value is -3.50.